The number of fused-ring (bicyclic) bond motifs is 1. The van der Waals surface area contributed by atoms with E-state index in [1.807, 2.05) is 4.90 Å². The summed E-state index contributed by atoms with van der Waals surface area (Å²) in [6.07, 6.45) is 2.05. The lowest BCUT2D eigenvalue weighted by molar-refractivity contribution is -0.385. The topological polar surface area (TPSA) is 75.5 Å². The van der Waals surface area contributed by atoms with Crippen LogP contribution in [0.1, 0.15) is 27.4 Å². The standard InChI is InChI=1S/C14H19N3O3S.ClH/c1-9-12(17(19)20)6-13(21-9)14(18)16-4-2-10-7-15-8-11(10)3-5-16;/h6,10-11,15H,2-5,7-8H2,1H3;1H/t10-,11+;. The highest BCUT2D eigenvalue weighted by Gasteiger charge is 2.32. The summed E-state index contributed by atoms with van der Waals surface area (Å²) >= 11 is 1.23. The fourth-order valence-corrected chi connectivity index (χ4v) is 4.29. The molecule has 0 bridgehead atoms. The fourth-order valence-electron chi connectivity index (χ4n) is 3.34. The Bertz CT molecular complexity index is 564. The second-order valence-electron chi connectivity index (χ2n) is 5.86. The van der Waals surface area contributed by atoms with Gasteiger partial charge < -0.3 is 10.2 Å². The fraction of sp³-hybridized carbons (Fsp3) is 0.643. The number of hydrogen-bond donors (Lipinski definition) is 1. The predicted octanol–water partition coefficient (Wildman–Crippen LogP) is 2.46. The van der Waals surface area contributed by atoms with Gasteiger partial charge in [-0.25, -0.2) is 0 Å². The van der Waals surface area contributed by atoms with Crippen LogP contribution in [0.2, 0.25) is 0 Å². The van der Waals surface area contributed by atoms with Crippen molar-refractivity contribution in [1.29, 1.82) is 0 Å². The largest absolute Gasteiger partial charge is 0.338 e. The average molecular weight is 346 g/mol. The van der Waals surface area contributed by atoms with Gasteiger partial charge in [-0.15, -0.1) is 23.7 Å². The summed E-state index contributed by atoms with van der Waals surface area (Å²) in [6.45, 7) is 5.31. The minimum atomic E-state index is -0.416. The third-order valence-electron chi connectivity index (χ3n) is 4.61. The molecule has 2 saturated heterocycles. The van der Waals surface area contributed by atoms with Crippen molar-refractivity contribution in [2.45, 2.75) is 19.8 Å². The van der Waals surface area contributed by atoms with Crippen LogP contribution in [0, 0.1) is 28.9 Å². The third-order valence-corrected chi connectivity index (χ3v) is 5.63. The van der Waals surface area contributed by atoms with Crippen LogP contribution < -0.4 is 5.32 Å². The van der Waals surface area contributed by atoms with E-state index in [4.69, 9.17) is 0 Å². The van der Waals surface area contributed by atoms with Crippen LogP contribution >= 0.6 is 23.7 Å². The Hall–Kier alpha value is -1.18. The Labute approximate surface area is 139 Å². The highest BCUT2D eigenvalue weighted by Crippen LogP contribution is 2.31. The number of nitrogens with one attached hydrogen (secondary N) is 1. The number of hydrogen-bond acceptors (Lipinski definition) is 5. The summed E-state index contributed by atoms with van der Waals surface area (Å²) < 4.78 is 0. The molecule has 8 heteroatoms. The van der Waals surface area contributed by atoms with Gasteiger partial charge >= 0.3 is 0 Å². The Kier molecular flexibility index (Phi) is 5.41. The van der Waals surface area contributed by atoms with Crippen LogP contribution in [-0.2, 0) is 0 Å². The molecule has 22 heavy (non-hydrogen) atoms. The number of nitro groups is 1. The molecule has 0 spiro atoms. The van der Waals surface area contributed by atoms with Gasteiger partial charge in [-0.05, 0) is 44.7 Å². The van der Waals surface area contributed by atoms with E-state index in [1.54, 1.807) is 6.92 Å². The number of likely N-dealkylation sites (tertiary alicyclic amines) is 1. The van der Waals surface area contributed by atoms with Gasteiger partial charge in [0, 0.05) is 19.2 Å². The summed E-state index contributed by atoms with van der Waals surface area (Å²) in [4.78, 5) is 26.0. The number of carbonyl (C=O) groups is 1. The minimum Gasteiger partial charge on any atom is -0.338 e. The summed E-state index contributed by atoms with van der Waals surface area (Å²) in [6, 6.07) is 1.43. The van der Waals surface area contributed by atoms with Crippen LogP contribution in [0.3, 0.4) is 0 Å². The van der Waals surface area contributed by atoms with Crippen molar-refractivity contribution in [3.8, 4) is 0 Å². The molecule has 1 aromatic heterocycles. The van der Waals surface area contributed by atoms with E-state index in [0.29, 0.717) is 21.6 Å². The van der Waals surface area contributed by atoms with Gasteiger partial charge in [0.05, 0.1) is 14.7 Å². The lowest BCUT2D eigenvalue weighted by atomic mass is 9.92. The van der Waals surface area contributed by atoms with Crippen LogP contribution in [0.25, 0.3) is 0 Å². The summed E-state index contributed by atoms with van der Waals surface area (Å²) in [5, 5.41) is 14.3. The van der Waals surface area contributed by atoms with Gasteiger partial charge in [-0.2, -0.15) is 0 Å². The average Bonchev–Trinajstić information content (AvgIpc) is 3.00. The SMILES string of the molecule is Cc1sc(C(=O)N2CC[C@@H]3CNC[C@@H]3CC2)cc1[N+](=O)[O-].Cl. The van der Waals surface area contributed by atoms with Gasteiger partial charge in [0.25, 0.3) is 11.6 Å². The Morgan fingerprint density at radius 2 is 1.95 bits per heavy atom. The van der Waals surface area contributed by atoms with Gasteiger partial charge in [0.2, 0.25) is 0 Å². The third kappa shape index (κ3) is 3.26. The molecule has 6 nitrogen and oxygen atoms in total. The molecule has 1 aromatic rings. The van der Waals surface area contributed by atoms with Crippen molar-refractivity contribution in [3.63, 3.8) is 0 Å². The van der Waals surface area contributed by atoms with Crippen LogP contribution in [-0.4, -0.2) is 41.9 Å². The molecule has 2 atom stereocenters. The molecule has 0 aliphatic carbocycles. The van der Waals surface area contributed by atoms with E-state index in [9.17, 15) is 14.9 Å². The number of aryl methyl sites for hydroxylation is 1. The normalized spacial score (nSPS) is 24.3. The first-order chi connectivity index (χ1) is 10.1. The first-order valence-electron chi connectivity index (χ1n) is 7.31. The molecule has 2 fully saturated rings. The summed E-state index contributed by atoms with van der Waals surface area (Å²) in [5.41, 5.74) is 0.0549. The molecule has 122 valence electrons. The van der Waals surface area contributed by atoms with Crippen LogP contribution in [0.5, 0.6) is 0 Å². The van der Waals surface area contributed by atoms with Gasteiger partial charge in [-0.1, -0.05) is 0 Å². The van der Waals surface area contributed by atoms with E-state index in [1.165, 1.54) is 17.4 Å². The quantitative estimate of drug-likeness (QED) is 0.660. The van der Waals surface area contributed by atoms with E-state index in [0.717, 1.165) is 39.0 Å². The van der Waals surface area contributed by atoms with Crippen molar-refractivity contribution in [3.05, 3.63) is 25.9 Å². The minimum absolute atomic E-state index is 0. The molecular weight excluding hydrogens is 326 g/mol. The predicted molar refractivity (Wildman–Crippen MR) is 87.9 cm³/mol. The zero-order valence-corrected chi connectivity index (χ0v) is 14.0. The van der Waals surface area contributed by atoms with E-state index < -0.39 is 4.92 Å². The number of thiophene rings is 1. The maximum atomic E-state index is 12.6. The van der Waals surface area contributed by atoms with E-state index in [2.05, 4.69) is 5.32 Å². The van der Waals surface area contributed by atoms with Crippen molar-refractivity contribution >= 4 is 35.3 Å². The Morgan fingerprint density at radius 3 is 2.45 bits per heavy atom. The van der Waals surface area contributed by atoms with Crippen LogP contribution in [0.15, 0.2) is 6.07 Å². The molecule has 1 N–H and O–H groups in total. The van der Waals surface area contributed by atoms with Gasteiger partial charge in [0.15, 0.2) is 0 Å². The second-order valence-corrected chi connectivity index (χ2v) is 7.11. The maximum absolute atomic E-state index is 12.6. The van der Waals surface area contributed by atoms with E-state index in [-0.39, 0.29) is 24.0 Å². The molecule has 3 rings (SSSR count). The van der Waals surface area contributed by atoms with Crippen LogP contribution in [0.4, 0.5) is 5.69 Å². The smallest absolute Gasteiger partial charge is 0.283 e. The molecule has 3 heterocycles. The first kappa shape index (κ1) is 17.2. The highest BCUT2D eigenvalue weighted by molar-refractivity contribution is 7.14. The summed E-state index contributed by atoms with van der Waals surface area (Å²) in [7, 11) is 0. The molecule has 0 saturated carbocycles. The molecule has 2 aliphatic heterocycles. The Morgan fingerprint density at radius 1 is 1.36 bits per heavy atom. The number of nitrogens with zero attached hydrogens (tertiary/aromatic N) is 2. The molecule has 2 aliphatic rings. The number of halogens is 1. The lowest BCUT2D eigenvalue weighted by Crippen LogP contribution is -2.32. The van der Waals surface area contributed by atoms with Crippen molar-refractivity contribution in [2.75, 3.05) is 26.2 Å². The molecule has 0 radical (unpaired) electrons. The molecule has 1 amide bonds. The first-order valence-corrected chi connectivity index (χ1v) is 8.12. The Balaban J connectivity index is 0.00000176. The van der Waals surface area contributed by atoms with Gasteiger partial charge in [-0.3, -0.25) is 14.9 Å². The second kappa shape index (κ2) is 6.93. The molecule has 0 aromatic carbocycles. The molecular formula is C14H20ClN3O3S. The lowest BCUT2D eigenvalue weighted by Gasteiger charge is -2.19. The monoisotopic (exact) mass is 345 g/mol. The number of rotatable bonds is 2. The number of amides is 1. The summed E-state index contributed by atoms with van der Waals surface area (Å²) in [5.74, 6) is 1.29. The van der Waals surface area contributed by atoms with Gasteiger partial charge in [0.1, 0.15) is 0 Å². The highest BCUT2D eigenvalue weighted by atomic mass is 35.5. The zero-order chi connectivity index (χ0) is 15.0. The van der Waals surface area contributed by atoms with E-state index >= 15 is 0 Å². The van der Waals surface area contributed by atoms with Crippen molar-refractivity contribution in [2.24, 2.45) is 11.8 Å². The molecule has 0 unspecified atom stereocenters. The van der Waals surface area contributed by atoms with Crippen molar-refractivity contribution in [1.82, 2.24) is 10.2 Å². The maximum Gasteiger partial charge on any atom is 0.283 e. The number of carbonyl (C=O) groups excluding carboxylic acids is 1. The zero-order valence-electron chi connectivity index (χ0n) is 12.4. The van der Waals surface area contributed by atoms with Crippen molar-refractivity contribution < 1.29 is 9.72 Å².